The highest BCUT2D eigenvalue weighted by Gasteiger charge is 2.24. The van der Waals surface area contributed by atoms with Gasteiger partial charge in [0, 0.05) is 165 Å². The van der Waals surface area contributed by atoms with E-state index in [1.165, 1.54) is 16.2 Å². The fourth-order valence-electron chi connectivity index (χ4n) is 19.9. The molecule has 27 aromatic rings. The smallest absolute Gasteiger partial charge is 0.164 e. The molecule has 0 aliphatic heterocycles. The van der Waals surface area contributed by atoms with Gasteiger partial charge in [0.1, 0.15) is 0 Å². The zero-order chi connectivity index (χ0) is 99.8. The second-order valence-corrected chi connectivity index (χ2v) is 36.6. The molecule has 14 nitrogen and oxygen atoms in total. The van der Waals surface area contributed by atoms with Gasteiger partial charge in [-0.05, 0) is 140 Å². The monoisotopic (exact) mass is 1920 g/mol. The first kappa shape index (κ1) is 90.8. The van der Waals surface area contributed by atoms with Crippen LogP contribution in [0.25, 0.3) is 268 Å². The Hall–Kier alpha value is -20.5. The molecule has 150 heavy (non-hydrogen) atoms. The Kier molecular flexibility index (Phi) is 24.9. The molecule has 0 saturated carbocycles. The molecule has 11 aromatic heterocycles. The van der Waals surface area contributed by atoms with Gasteiger partial charge in [0.05, 0.1) is 67.8 Å². The van der Waals surface area contributed by atoms with Gasteiger partial charge in [0.25, 0.3) is 0 Å². The number of pyridine rings is 9. The summed E-state index contributed by atoms with van der Waals surface area (Å²) < 4.78 is 0. The molecule has 0 spiro atoms. The van der Waals surface area contributed by atoms with Crippen LogP contribution in [0.4, 0.5) is 0 Å². The van der Waals surface area contributed by atoms with Crippen molar-refractivity contribution in [1.82, 2.24) is 69.8 Å². The van der Waals surface area contributed by atoms with Gasteiger partial charge in [-0.25, -0.2) is 44.9 Å². The van der Waals surface area contributed by atoms with Crippen molar-refractivity contribution < 1.29 is 0 Å². The Morgan fingerprint density at radius 1 is 0.127 bits per heavy atom. The largest absolute Gasteiger partial charge is 0.264 e. The van der Waals surface area contributed by atoms with Crippen molar-refractivity contribution in [2.45, 2.75) is 0 Å². The van der Waals surface area contributed by atoms with Gasteiger partial charge < -0.3 is 0 Å². The van der Waals surface area contributed by atoms with Crippen LogP contribution in [0.2, 0.25) is 0 Å². The fraction of sp³-hybridized carbons (Fsp3) is 0. The van der Waals surface area contributed by atoms with Gasteiger partial charge in [-0.2, -0.15) is 0 Å². The van der Waals surface area contributed by atoms with Crippen molar-refractivity contribution >= 4 is 65.0 Å². The number of hydrogen-bond acceptors (Lipinski definition) is 14. The van der Waals surface area contributed by atoms with E-state index < -0.39 is 0 Å². The molecule has 14 heteroatoms. The highest BCUT2D eigenvalue weighted by molar-refractivity contribution is 6.20. The minimum Gasteiger partial charge on any atom is -0.264 e. The average Bonchev–Trinajstić information content (AvgIpc) is 0.745. The Morgan fingerprint density at radius 3 is 0.707 bits per heavy atom. The first-order valence-electron chi connectivity index (χ1n) is 49.9. The van der Waals surface area contributed by atoms with E-state index in [9.17, 15) is 0 Å². The lowest BCUT2D eigenvalue weighted by atomic mass is 9.92. The molecule has 0 unspecified atom stereocenters. The third-order valence-electron chi connectivity index (χ3n) is 27.3. The average molecular weight is 1920 g/mol. The lowest BCUT2D eigenvalue weighted by Crippen LogP contribution is -2.00. The quantitative estimate of drug-likeness (QED) is 0.0740. The van der Waals surface area contributed by atoms with Crippen LogP contribution >= 0.6 is 0 Å². The van der Waals surface area contributed by atoms with Crippen molar-refractivity contribution in [1.29, 1.82) is 0 Å². The highest BCUT2D eigenvalue weighted by Crippen LogP contribution is 2.46. The van der Waals surface area contributed by atoms with Gasteiger partial charge in [-0.3, -0.25) is 24.9 Å². The maximum absolute atomic E-state index is 5.30. The lowest BCUT2D eigenvalue weighted by molar-refractivity contribution is 1.07. The van der Waals surface area contributed by atoms with Crippen LogP contribution in [0.15, 0.2) is 535 Å². The van der Waals surface area contributed by atoms with Crippen molar-refractivity contribution in [3.63, 3.8) is 0 Å². The summed E-state index contributed by atoms with van der Waals surface area (Å²) in [4.78, 5) is 67.9. The maximum atomic E-state index is 5.30. The Balaban J connectivity index is 0.000000116. The van der Waals surface area contributed by atoms with Gasteiger partial charge in [-0.1, -0.05) is 406 Å². The molecule has 0 aliphatic rings. The standard InChI is InChI=1S/C46H30N4.2C45H29N5/c1-4-12-32(13-5-1)41-29-42(50-46(49-41)35-16-8-3-9-17-35)33-23-21-31(22-24-33)36-25-26-39-43(28-36)48-45(34-14-6-2-7-15-34)40-20-10-19-38(44(39)40)37-18-11-27-47-30-37;1-4-12-31(13-5-1)42-39-20-10-19-37(36-18-11-27-46-29-36)41(39)38-26-25-35(28-40(38)47-42)30-21-23-34(24-22-30)45-49-43(32-14-6-2-7-15-32)48-44(50-45)33-16-8-3-9-17-33;1-2-10-32(11-3-1)45-38-14-8-13-36(34-12-9-23-46-29-34)44(38)37-22-21-33(26-41(37)50-45)30-17-19-31(20-18-30)35-27-42(39-15-4-6-24-47-39)49-43(28-35)40-16-5-7-25-48-40/h1-30H;2*1-29H. The zero-order valence-corrected chi connectivity index (χ0v) is 81.1. The number of hydrogen-bond donors (Lipinski definition) is 0. The molecule has 27 rings (SSSR count). The summed E-state index contributed by atoms with van der Waals surface area (Å²) in [5, 5.41) is 10.2. The third-order valence-corrected chi connectivity index (χ3v) is 27.3. The van der Waals surface area contributed by atoms with Crippen molar-refractivity contribution in [2.24, 2.45) is 0 Å². The first-order chi connectivity index (χ1) is 74.3. The van der Waals surface area contributed by atoms with Gasteiger partial charge >= 0.3 is 0 Å². The number of rotatable bonds is 18. The van der Waals surface area contributed by atoms with Crippen LogP contribution in [0, 0.1) is 0 Å². The fourth-order valence-corrected chi connectivity index (χ4v) is 19.9. The van der Waals surface area contributed by atoms with E-state index in [2.05, 4.69) is 340 Å². The summed E-state index contributed by atoms with van der Waals surface area (Å²) in [6.07, 6.45) is 14.8. The summed E-state index contributed by atoms with van der Waals surface area (Å²) in [5.74, 6) is 2.63. The second-order valence-electron chi connectivity index (χ2n) is 36.6. The van der Waals surface area contributed by atoms with Gasteiger partial charge in [0.2, 0.25) is 0 Å². The molecule has 0 radical (unpaired) electrons. The SMILES string of the molecule is c1ccc(-c2cc(-c3ccc(-c4ccc5c(c4)nc(-c4ccccc4)c4cccc(-c6cccnc6)c45)cc3)nc(-c3ccccc3)n2)cc1.c1ccc(-c2nc(-c3ccccc3)nc(-c3ccc(-c4ccc5c(c4)nc(-c4ccccc4)c4cccc(-c6cccnc6)c45)cc3)n2)cc1.c1ccc(-c2nc3cc(-c4ccc(-c5cc(-c6ccccn6)nc(-c6ccccn6)c5)cc4)ccc3c3c(-c4cccnc4)cccc23)cc1. The summed E-state index contributed by atoms with van der Waals surface area (Å²) in [6, 6.07) is 167. The molecule has 16 aromatic carbocycles. The third kappa shape index (κ3) is 18.7. The highest BCUT2D eigenvalue weighted by atomic mass is 15.0. The van der Waals surface area contributed by atoms with Crippen LogP contribution in [-0.4, -0.2) is 69.8 Å². The summed E-state index contributed by atoms with van der Waals surface area (Å²) in [6.45, 7) is 0. The van der Waals surface area contributed by atoms with E-state index in [4.69, 9.17) is 44.9 Å². The minimum absolute atomic E-state index is 0.631. The van der Waals surface area contributed by atoms with Crippen molar-refractivity contribution in [3.05, 3.63) is 535 Å². The second kappa shape index (κ2) is 41.1. The molecule has 0 bridgehead atoms. The van der Waals surface area contributed by atoms with Gasteiger partial charge in [0.15, 0.2) is 23.3 Å². The normalized spacial score (nSPS) is 11.2. The number of benzene rings is 16. The first-order valence-corrected chi connectivity index (χ1v) is 49.9. The molecule has 0 atom stereocenters. The van der Waals surface area contributed by atoms with Crippen LogP contribution < -0.4 is 0 Å². The molecule has 0 amide bonds. The summed E-state index contributed by atoms with van der Waals surface area (Å²) >= 11 is 0. The van der Waals surface area contributed by atoms with E-state index in [-0.39, 0.29) is 0 Å². The van der Waals surface area contributed by atoms with E-state index in [1.807, 2.05) is 207 Å². The minimum atomic E-state index is 0.631. The molecule has 0 N–H and O–H groups in total. The number of aromatic nitrogens is 14. The van der Waals surface area contributed by atoms with Crippen molar-refractivity contribution in [2.75, 3.05) is 0 Å². The molecule has 0 aliphatic carbocycles. The summed E-state index contributed by atoms with van der Waals surface area (Å²) in [7, 11) is 0. The van der Waals surface area contributed by atoms with Crippen LogP contribution in [0.1, 0.15) is 0 Å². The Bertz CT molecular complexity index is 8530. The predicted octanol–water partition coefficient (Wildman–Crippen LogP) is 33.5. The van der Waals surface area contributed by atoms with Crippen molar-refractivity contribution in [3.8, 4) is 203 Å². The number of fused-ring (bicyclic) bond motifs is 9. The molecular weight excluding hydrogens is 1830 g/mol. The molecule has 11 heterocycles. The predicted molar refractivity (Wildman–Crippen MR) is 611 cm³/mol. The van der Waals surface area contributed by atoms with Crippen LogP contribution in [-0.2, 0) is 0 Å². The molecular formula is C136H88N14. The van der Waals surface area contributed by atoms with E-state index in [0.29, 0.717) is 23.3 Å². The lowest BCUT2D eigenvalue weighted by Gasteiger charge is -2.15. The van der Waals surface area contributed by atoms with Gasteiger partial charge in [-0.15, -0.1) is 0 Å². The molecule has 0 saturated heterocycles. The van der Waals surface area contributed by atoms with E-state index >= 15 is 0 Å². The Morgan fingerprint density at radius 2 is 0.393 bits per heavy atom. The Labute approximate surface area is 866 Å². The number of nitrogens with zero attached hydrogens (tertiary/aromatic N) is 14. The molecule has 702 valence electrons. The molecule has 0 fully saturated rings. The maximum Gasteiger partial charge on any atom is 0.164 e. The van der Waals surface area contributed by atoms with E-state index in [1.54, 1.807) is 12.4 Å². The summed E-state index contributed by atoms with van der Waals surface area (Å²) in [5.41, 5.74) is 35.3. The van der Waals surface area contributed by atoms with Crippen LogP contribution in [0.3, 0.4) is 0 Å². The zero-order valence-electron chi connectivity index (χ0n) is 81.1. The van der Waals surface area contributed by atoms with E-state index in [0.717, 1.165) is 228 Å². The topological polar surface area (TPSA) is 180 Å². The van der Waals surface area contributed by atoms with Crippen LogP contribution in [0.5, 0.6) is 0 Å².